The van der Waals surface area contributed by atoms with Crippen molar-refractivity contribution in [3.8, 4) is 5.75 Å². The molecule has 2 aromatic carbocycles. The van der Waals surface area contributed by atoms with Crippen LogP contribution in [0, 0.1) is 0 Å². The van der Waals surface area contributed by atoms with E-state index >= 15 is 0 Å². The van der Waals surface area contributed by atoms with E-state index < -0.39 is 0 Å². The van der Waals surface area contributed by atoms with Crippen molar-refractivity contribution in [1.82, 2.24) is 19.7 Å². The molecule has 0 aliphatic carbocycles. The molecule has 5 rings (SSSR count). The Morgan fingerprint density at radius 1 is 1.04 bits per heavy atom. The van der Waals surface area contributed by atoms with Gasteiger partial charge in [0.2, 0.25) is 0 Å². The van der Waals surface area contributed by atoms with Crippen molar-refractivity contribution in [2.75, 3.05) is 11.4 Å². The summed E-state index contributed by atoms with van der Waals surface area (Å²) in [7, 11) is 0. The number of anilines is 1. The number of ether oxygens (including phenoxy) is 1. The number of carbonyl (C=O) groups is 1. The number of aromatic nitrogens is 4. The van der Waals surface area contributed by atoms with E-state index in [0.717, 1.165) is 28.0 Å². The first-order valence-corrected chi connectivity index (χ1v) is 9.04. The normalized spacial score (nSPS) is 13.6. The Bertz CT molecular complexity index is 1160. The van der Waals surface area contributed by atoms with Gasteiger partial charge in [0.1, 0.15) is 30.1 Å². The van der Waals surface area contributed by atoms with E-state index in [1.54, 1.807) is 15.8 Å². The van der Waals surface area contributed by atoms with E-state index in [-0.39, 0.29) is 5.91 Å². The van der Waals surface area contributed by atoms with Gasteiger partial charge in [0.15, 0.2) is 0 Å². The maximum atomic E-state index is 13.0. The van der Waals surface area contributed by atoms with Crippen molar-refractivity contribution in [1.29, 1.82) is 0 Å². The molecule has 1 amide bonds. The molecule has 7 nitrogen and oxygen atoms in total. The number of benzene rings is 2. The zero-order valence-corrected chi connectivity index (χ0v) is 15.0. The molecule has 138 valence electrons. The smallest absolute Gasteiger partial charge is 0.276 e. The molecule has 1 aliphatic heterocycles. The second kappa shape index (κ2) is 6.77. The van der Waals surface area contributed by atoms with Crippen molar-refractivity contribution in [3.05, 3.63) is 78.5 Å². The topological polar surface area (TPSA) is 73.1 Å². The highest BCUT2D eigenvalue weighted by molar-refractivity contribution is 6.06. The summed E-state index contributed by atoms with van der Waals surface area (Å²) >= 11 is 0. The molecule has 0 saturated heterocycles. The van der Waals surface area contributed by atoms with Gasteiger partial charge in [0.05, 0.1) is 12.1 Å². The molecule has 0 unspecified atom stereocenters. The van der Waals surface area contributed by atoms with Crippen molar-refractivity contribution < 1.29 is 9.53 Å². The number of fused-ring (bicyclic) bond motifs is 2. The molecular formula is C21H17N5O2. The standard InChI is InChI=1S/C21H17N5O2/c27-21-20-11-16(13-28-18-4-2-1-3-5-18)24-26(20)9-8-25(21)17-6-7-19-15(10-17)12-22-14-23-19/h1-7,10-12,14H,8-9,13H2. The molecule has 28 heavy (non-hydrogen) atoms. The SMILES string of the molecule is O=C1c2cc(COc3ccccc3)nn2CCN1c1ccc2ncncc2c1. The van der Waals surface area contributed by atoms with Gasteiger partial charge in [-0.05, 0) is 36.4 Å². The van der Waals surface area contributed by atoms with Gasteiger partial charge in [-0.3, -0.25) is 9.48 Å². The first-order valence-electron chi connectivity index (χ1n) is 9.04. The van der Waals surface area contributed by atoms with Crippen LogP contribution in [0.3, 0.4) is 0 Å². The minimum atomic E-state index is -0.0686. The van der Waals surface area contributed by atoms with Gasteiger partial charge in [-0.15, -0.1) is 0 Å². The maximum absolute atomic E-state index is 13.0. The highest BCUT2D eigenvalue weighted by atomic mass is 16.5. The molecular weight excluding hydrogens is 354 g/mol. The molecule has 3 heterocycles. The third-order valence-corrected chi connectivity index (χ3v) is 4.76. The first-order chi connectivity index (χ1) is 13.8. The van der Waals surface area contributed by atoms with E-state index in [4.69, 9.17) is 4.74 Å². The summed E-state index contributed by atoms with van der Waals surface area (Å²) < 4.78 is 7.51. The Balaban J connectivity index is 1.38. The van der Waals surface area contributed by atoms with E-state index in [9.17, 15) is 4.79 Å². The lowest BCUT2D eigenvalue weighted by atomic mass is 10.2. The van der Waals surface area contributed by atoms with Gasteiger partial charge in [0, 0.05) is 23.8 Å². The summed E-state index contributed by atoms with van der Waals surface area (Å²) in [5, 5.41) is 5.42. The van der Waals surface area contributed by atoms with Gasteiger partial charge in [-0.2, -0.15) is 5.10 Å². The van der Waals surface area contributed by atoms with Crippen LogP contribution in [0.5, 0.6) is 5.75 Å². The van der Waals surface area contributed by atoms with Gasteiger partial charge >= 0.3 is 0 Å². The molecule has 1 aliphatic rings. The fourth-order valence-electron chi connectivity index (χ4n) is 3.38. The van der Waals surface area contributed by atoms with Crippen LogP contribution in [0.25, 0.3) is 10.9 Å². The number of amides is 1. The van der Waals surface area contributed by atoms with Crippen LogP contribution < -0.4 is 9.64 Å². The molecule has 4 aromatic rings. The average molecular weight is 371 g/mol. The average Bonchev–Trinajstić information content (AvgIpc) is 3.17. The van der Waals surface area contributed by atoms with Crippen molar-refractivity contribution in [2.45, 2.75) is 13.2 Å². The number of para-hydroxylation sites is 1. The van der Waals surface area contributed by atoms with E-state index in [2.05, 4.69) is 15.1 Å². The molecule has 0 N–H and O–H groups in total. The summed E-state index contributed by atoms with van der Waals surface area (Å²) in [6.45, 7) is 1.52. The fourth-order valence-corrected chi connectivity index (χ4v) is 3.38. The molecule has 0 saturated carbocycles. The first kappa shape index (κ1) is 16.4. The number of carbonyl (C=O) groups excluding carboxylic acids is 1. The number of rotatable bonds is 4. The lowest BCUT2D eigenvalue weighted by Gasteiger charge is -2.27. The van der Waals surface area contributed by atoms with Gasteiger partial charge < -0.3 is 9.64 Å². The number of nitrogens with zero attached hydrogens (tertiary/aromatic N) is 5. The summed E-state index contributed by atoms with van der Waals surface area (Å²) in [6.07, 6.45) is 3.27. The van der Waals surface area contributed by atoms with E-state index in [1.165, 1.54) is 6.33 Å². The molecule has 7 heteroatoms. The minimum absolute atomic E-state index is 0.0686. The molecule has 2 aromatic heterocycles. The second-order valence-electron chi connectivity index (χ2n) is 6.57. The second-order valence-corrected chi connectivity index (χ2v) is 6.57. The molecule has 0 radical (unpaired) electrons. The third kappa shape index (κ3) is 2.96. The Morgan fingerprint density at radius 3 is 2.82 bits per heavy atom. The Labute approximate surface area is 161 Å². The van der Waals surface area contributed by atoms with Crippen molar-refractivity contribution in [2.24, 2.45) is 0 Å². The largest absolute Gasteiger partial charge is 0.487 e. The quantitative estimate of drug-likeness (QED) is 0.551. The van der Waals surface area contributed by atoms with Gasteiger partial charge in [0.25, 0.3) is 5.91 Å². The monoisotopic (exact) mass is 371 g/mol. The number of hydrogen-bond acceptors (Lipinski definition) is 5. The lowest BCUT2D eigenvalue weighted by Crippen LogP contribution is -2.40. The van der Waals surface area contributed by atoms with Gasteiger partial charge in [-0.25, -0.2) is 9.97 Å². The molecule has 0 spiro atoms. The highest BCUT2D eigenvalue weighted by Crippen LogP contribution is 2.25. The maximum Gasteiger partial charge on any atom is 0.276 e. The number of hydrogen-bond donors (Lipinski definition) is 0. The summed E-state index contributed by atoms with van der Waals surface area (Å²) in [4.78, 5) is 23.1. The Hall–Kier alpha value is -3.74. The van der Waals surface area contributed by atoms with E-state index in [1.807, 2.05) is 54.6 Å². The molecule has 0 bridgehead atoms. The fraction of sp³-hybridized carbons (Fsp3) is 0.143. The van der Waals surface area contributed by atoms with Crippen molar-refractivity contribution >= 4 is 22.5 Å². The summed E-state index contributed by atoms with van der Waals surface area (Å²) in [6, 6.07) is 17.1. The van der Waals surface area contributed by atoms with E-state index in [0.29, 0.717) is 25.4 Å². The molecule has 0 atom stereocenters. The van der Waals surface area contributed by atoms with Crippen LogP contribution in [0.2, 0.25) is 0 Å². The van der Waals surface area contributed by atoms with Crippen LogP contribution in [-0.4, -0.2) is 32.2 Å². The zero-order chi connectivity index (χ0) is 18.9. The van der Waals surface area contributed by atoms with Crippen LogP contribution in [-0.2, 0) is 13.2 Å². The zero-order valence-electron chi connectivity index (χ0n) is 15.0. The van der Waals surface area contributed by atoms with Crippen molar-refractivity contribution in [3.63, 3.8) is 0 Å². The third-order valence-electron chi connectivity index (χ3n) is 4.76. The Morgan fingerprint density at radius 2 is 1.93 bits per heavy atom. The van der Waals surface area contributed by atoms with Crippen LogP contribution in [0.1, 0.15) is 16.2 Å². The van der Waals surface area contributed by atoms with Crippen LogP contribution in [0.4, 0.5) is 5.69 Å². The predicted molar refractivity (Wildman–Crippen MR) is 104 cm³/mol. The summed E-state index contributed by atoms with van der Waals surface area (Å²) in [5.41, 5.74) is 3.00. The molecule has 0 fully saturated rings. The Kier molecular flexibility index (Phi) is 3.97. The highest BCUT2D eigenvalue weighted by Gasteiger charge is 2.27. The lowest BCUT2D eigenvalue weighted by molar-refractivity contribution is 0.0962. The van der Waals surface area contributed by atoms with Crippen LogP contribution >= 0.6 is 0 Å². The minimum Gasteiger partial charge on any atom is -0.487 e. The predicted octanol–water partition coefficient (Wildman–Crippen LogP) is 3.07. The van der Waals surface area contributed by atoms with Gasteiger partial charge in [-0.1, -0.05) is 18.2 Å². The van der Waals surface area contributed by atoms with Crippen LogP contribution in [0.15, 0.2) is 67.1 Å². The summed E-state index contributed by atoms with van der Waals surface area (Å²) in [5.74, 6) is 0.709.